The van der Waals surface area contributed by atoms with Gasteiger partial charge in [0.15, 0.2) is 0 Å². The van der Waals surface area contributed by atoms with E-state index in [1.165, 1.54) is 5.08 Å². The van der Waals surface area contributed by atoms with Crippen LogP contribution in [0.5, 0.6) is 0 Å². The third-order valence-electron chi connectivity index (χ3n) is 1.64. The number of hydrogen-bond acceptors (Lipinski definition) is 5. The van der Waals surface area contributed by atoms with Crippen molar-refractivity contribution in [2.75, 3.05) is 25.7 Å². The molecule has 1 saturated heterocycles. The van der Waals surface area contributed by atoms with Gasteiger partial charge in [0.1, 0.15) is 5.78 Å². The lowest BCUT2D eigenvalue weighted by atomic mass is 10.1. The second kappa shape index (κ2) is 8.87. The molecule has 0 amide bonds. The van der Waals surface area contributed by atoms with Crippen LogP contribution in [0.3, 0.4) is 0 Å². The maximum Gasteiger partial charge on any atom is 0.146 e. The van der Waals surface area contributed by atoms with Gasteiger partial charge < -0.3 is 10.6 Å². The third-order valence-corrected chi connectivity index (χ3v) is 2.58. The number of nitrogens with one attached hydrogen (secondary N) is 2. The Balaban J connectivity index is 0.000000396. The molecule has 0 saturated carbocycles. The molecule has 0 aromatic rings. The summed E-state index contributed by atoms with van der Waals surface area (Å²) in [5.41, 5.74) is 0. The molecule has 0 aromatic heterocycles. The molecular weight excluding hydrogens is 204 g/mol. The van der Waals surface area contributed by atoms with Gasteiger partial charge in [-0.05, 0) is 34.0 Å². The topological polar surface area (TPSA) is 41.1 Å². The highest BCUT2D eigenvalue weighted by Gasteiger charge is 2.08. The van der Waals surface area contributed by atoms with Gasteiger partial charge in [-0.3, -0.25) is 4.79 Å². The van der Waals surface area contributed by atoms with Gasteiger partial charge in [0.05, 0.1) is 11.1 Å². The van der Waals surface area contributed by atoms with Crippen molar-refractivity contribution in [3.05, 3.63) is 0 Å². The van der Waals surface area contributed by atoms with Crippen LogP contribution in [-0.2, 0) is 4.79 Å². The highest BCUT2D eigenvalue weighted by Crippen LogP contribution is 2.41. The van der Waals surface area contributed by atoms with Crippen molar-refractivity contribution in [2.24, 2.45) is 0 Å². The van der Waals surface area contributed by atoms with Crippen molar-refractivity contribution in [3.8, 4) is 0 Å². The molecule has 1 fully saturated rings. The van der Waals surface area contributed by atoms with E-state index >= 15 is 0 Å². The van der Waals surface area contributed by atoms with Crippen molar-refractivity contribution in [3.63, 3.8) is 0 Å². The van der Waals surface area contributed by atoms with Crippen LogP contribution < -0.4 is 10.6 Å². The highest BCUT2D eigenvalue weighted by molar-refractivity contribution is 8.92. The fraction of sp³-hybridized carbons (Fsp3) is 0.875. The lowest BCUT2D eigenvalue weighted by Crippen LogP contribution is -2.34. The minimum atomic E-state index is 0.0208. The maximum absolute atomic E-state index is 10.8. The summed E-state index contributed by atoms with van der Waals surface area (Å²) >= 11 is 0. The fourth-order valence-corrected chi connectivity index (χ4v) is 0.840. The van der Waals surface area contributed by atoms with Crippen molar-refractivity contribution in [2.45, 2.75) is 19.4 Å². The monoisotopic (exact) mass is 222 g/mol. The molecule has 0 aliphatic carbocycles. The lowest BCUT2D eigenvalue weighted by molar-refractivity contribution is -0.118. The Labute approximate surface area is 88.2 Å². The van der Waals surface area contributed by atoms with Crippen LogP contribution in [0.4, 0.5) is 0 Å². The zero-order valence-electron chi connectivity index (χ0n) is 8.42. The van der Waals surface area contributed by atoms with E-state index in [4.69, 9.17) is 0 Å². The van der Waals surface area contributed by atoms with Gasteiger partial charge >= 0.3 is 0 Å². The molecule has 0 spiro atoms. The van der Waals surface area contributed by atoms with E-state index < -0.39 is 0 Å². The van der Waals surface area contributed by atoms with Crippen LogP contribution in [0.2, 0.25) is 0 Å². The normalized spacial score (nSPS) is 15.6. The Kier molecular flexibility index (Phi) is 9.07. The molecule has 1 aliphatic heterocycles. The van der Waals surface area contributed by atoms with Crippen molar-refractivity contribution in [1.82, 2.24) is 10.6 Å². The van der Waals surface area contributed by atoms with Crippen LogP contribution in [0.25, 0.3) is 0 Å². The molecule has 1 atom stereocenters. The van der Waals surface area contributed by atoms with Crippen LogP contribution >= 0.6 is 21.6 Å². The molecule has 78 valence electrons. The molecule has 13 heavy (non-hydrogen) atoms. The SMILES string of the molecule is C1SS1.CNCC[C@H](NC)C(C)=O. The van der Waals surface area contributed by atoms with E-state index in [1.807, 2.05) is 35.7 Å². The van der Waals surface area contributed by atoms with Gasteiger partial charge in [0, 0.05) is 0 Å². The summed E-state index contributed by atoms with van der Waals surface area (Å²) in [5.74, 6) is 0.206. The van der Waals surface area contributed by atoms with E-state index in [9.17, 15) is 4.79 Å². The second-order valence-corrected chi connectivity index (χ2v) is 5.53. The van der Waals surface area contributed by atoms with Gasteiger partial charge in [-0.25, -0.2) is 0 Å². The van der Waals surface area contributed by atoms with Gasteiger partial charge in [-0.1, -0.05) is 21.6 Å². The molecule has 0 unspecified atom stereocenters. The Morgan fingerprint density at radius 2 is 2.00 bits per heavy atom. The molecule has 0 bridgehead atoms. The summed E-state index contributed by atoms with van der Waals surface area (Å²) < 4.78 is 0. The molecule has 0 radical (unpaired) electrons. The Morgan fingerprint density at radius 1 is 1.46 bits per heavy atom. The van der Waals surface area contributed by atoms with Gasteiger partial charge in [-0.15, -0.1) is 0 Å². The highest BCUT2D eigenvalue weighted by atomic mass is 33.2. The van der Waals surface area contributed by atoms with E-state index in [-0.39, 0.29) is 11.8 Å². The Hall–Kier alpha value is 0.290. The molecule has 0 aromatic carbocycles. The van der Waals surface area contributed by atoms with Crippen LogP contribution in [0.15, 0.2) is 0 Å². The molecule has 1 rings (SSSR count). The first-order valence-corrected chi connectivity index (χ1v) is 6.78. The van der Waals surface area contributed by atoms with E-state index in [2.05, 4.69) is 10.6 Å². The summed E-state index contributed by atoms with van der Waals surface area (Å²) in [5, 5.41) is 7.28. The Bertz CT molecular complexity index is 139. The number of Topliss-reactive ketones (excluding diaryl/α,β-unsaturated/α-hetero) is 1. The summed E-state index contributed by atoms with van der Waals surface area (Å²) in [6.45, 7) is 2.49. The molecule has 5 heteroatoms. The molecule has 1 heterocycles. The number of rotatable bonds is 5. The van der Waals surface area contributed by atoms with E-state index in [1.54, 1.807) is 6.92 Å². The van der Waals surface area contributed by atoms with E-state index in [0.29, 0.717) is 0 Å². The van der Waals surface area contributed by atoms with Crippen molar-refractivity contribution in [1.29, 1.82) is 0 Å². The average Bonchev–Trinajstić information content (AvgIpc) is 2.91. The quantitative estimate of drug-likeness (QED) is 0.539. The smallest absolute Gasteiger partial charge is 0.146 e. The summed E-state index contributed by atoms with van der Waals surface area (Å²) in [4.78, 5) is 10.8. The van der Waals surface area contributed by atoms with Gasteiger partial charge in [0.25, 0.3) is 0 Å². The lowest BCUT2D eigenvalue weighted by Gasteiger charge is -2.10. The number of likely N-dealkylation sites (N-methyl/N-ethyl adjacent to an activating group) is 1. The third kappa shape index (κ3) is 10.2. The second-order valence-electron chi connectivity index (χ2n) is 2.70. The Morgan fingerprint density at radius 3 is 2.23 bits per heavy atom. The number of carbonyl (C=O) groups excluding carboxylic acids is 1. The van der Waals surface area contributed by atoms with Gasteiger partial charge in [0.2, 0.25) is 0 Å². The first-order chi connectivity index (χ1) is 6.22. The number of carbonyl (C=O) groups is 1. The van der Waals surface area contributed by atoms with Gasteiger partial charge in [-0.2, -0.15) is 0 Å². The fourth-order valence-electron chi connectivity index (χ4n) is 0.840. The zero-order valence-corrected chi connectivity index (χ0v) is 10.1. The average molecular weight is 222 g/mol. The zero-order chi connectivity index (χ0) is 10.1. The maximum atomic E-state index is 10.8. The van der Waals surface area contributed by atoms with Crippen LogP contribution in [0, 0.1) is 0 Å². The summed E-state index contributed by atoms with van der Waals surface area (Å²) in [7, 11) is 7.52. The first kappa shape index (κ1) is 13.3. The minimum Gasteiger partial charge on any atom is -0.320 e. The number of hydrogen-bond donors (Lipinski definition) is 2. The largest absolute Gasteiger partial charge is 0.320 e. The number of ketones is 1. The summed E-state index contributed by atoms with van der Waals surface area (Å²) in [6.07, 6.45) is 0.863. The predicted molar refractivity (Wildman–Crippen MR) is 62.1 cm³/mol. The predicted octanol–water partition coefficient (Wildman–Crippen LogP) is 1.11. The minimum absolute atomic E-state index is 0.0208. The van der Waals surface area contributed by atoms with Crippen molar-refractivity contribution >= 4 is 27.4 Å². The molecule has 3 nitrogen and oxygen atoms in total. The standard InChI is InChI=1S/C7H16N2O.CH2S2/c1-6(10)7(9-3)4-5-8-2;1-2-3-1/h7-9H,4-5H2,1-3H3;1H2/t7-;/m0./s1. The molecule has 1 aliphatic rings. The molecular formula is C8H18N2OS2. The van der Waals surface area contributed by atoms with E-state index in [0.717, 1.165) is 13.0 Å². The first-order valence-electron chi connectivity index (χ1n) is 4.29. The summed E-state index contributed by atoms with van der Waals surface area (Å²) in [6, 6.07) is 0.0208. The molecule has 2 N–H and O–H groups in total. The van der Waals surface area contributed by atoms with Crippen LogP contribution in [0.1, 0.15) is 13.3 Å². The van der Waals surface area contributed by atoms with Crippen LogP contribution in [-0.4, -0.2) is 37.6 Å². The van der Waals surface area contributed by atoms with Crippen molar-refractivity contribution < 1.29 is 4.79 Å².